The minimum Gasteiger partial charge on any atom is -0.348 e. The van der Waals surface area contributed by atoms with E-state index in [0.717, 1.165) is 25.1 Å². The molecule has 2 fully saturated rings. The average Bonchev–Trinajstić information content (AvgIpc) is 3.21. The highest BCUT2D eigenvalue weighted by molar-refractivity contribution is 5.82. The Morgan fingerprint density at radius 2 is 2.15 bits per heavy atom. The fraction of sp³-hybridized carbons (Fsp3) is 0.632. The number of nitrogens with zero attached hydrogens (tertiary/aromatic N) is 3. The number of hydrogen-bond donors (Lipinski definition) is 2. The molecular formula is C19H29N5O2. The molecule has 1 aromatic heterocycles. The number of aromatic nitrogens is 2. The van der Waals surface area contributed by atoms with Crippen LogP contribution in [0, 0.1) is 5.41 Å². The van der Waals surface area contributed by atoms with E-state index in [1.807, 2.05) is 23.6 Å². The molecule has 2 amide bonds. The summed E-state index contributed by atoms with van der Waals surface area (Å²) in [6.45, 7) is 6.96. The summed E-state index contributed by atoms with van der Waals surface area (Å²) in [7, 11) is 0. The van der Waals surface area contributed by atoms with E-state index < -0.39 is 6.04 Å². The van der Waals surface area contributed by atoms with E-state index in [4.69, 9.17) is 5.73 Å². The smallest absolute Gasteiger partial charge is 0.239 e. The lowest BCUT2D eigenvalue weighted by molar-refractivity contribution is -0.134. The highest BCUT2D eigenvalue weighted by Crippen LogP contribution is 2.41. The summed E-state index contributed by atoms with van der Waals surface area (Å²) in [4.78, 5) is 35.7. The first-order valence-corrected chi connectivity index (χ1v) is 9.31. The molecule has 1 atom stereocenters. The lowest BCUT2D eigenvalue weighted by Crippen LogP contribution is -2.50. The molecule has 3 heterocycles. The third-order valence-electron chi connectivity index (χ3n) is 5.57. The lowest BCUT2D eigenvalue weighted by Gasteiger charge is -2.39. The van der Waals surface area contributed by atoms with Crippen molar-refractivity contribution in [1.82, 2.24) is 19.8 Å². The molecular weight excluding hydrogens is 330 g/mol. The summed E-state index contributed by atoms with van der Waals surface area (Å²) in [6.07, 6.45) is 8.20. The molecule has 1 aromatic rings. The van der Waals surface area contributed by atoms with E-state index >= 15 is 0 Å². The van der Waals surface area contributed by atoms with E-state index in [1.54, 1.807) is 12.5 Å². The normalized spacial score (nSPS) is 20.5. The summed E-state index contributed by atoms with van der Waals surface area (Å²) in [6, 6.07) is -0.552. The molecule has 0 aromatic carbocycles. The molecule has 3 rings (SSSR count). The molecule has 1 spiro atoms. The van der Waals surface area contributed by atoms with Crippen LogP contribution in [-0.2, 0) is 16.0 Å². The zero-order valence-electron chi connectivity index (χ0n) is 15.7. The third kappa shape index (κ3) is 4.15. The molecule has 26 heavy (non-hydrogen) atoms. The zero-order valence-corrected chi connectivity index (χ0v) is 15.7. The van der Waals surface area contributed by atoms with Gasteiger partial charge in [-0.1, -0.05) is 11.6 Å². The molecule has 3 N–H and O–H groups in total. The molecule has 2 saturated heterocycles. The van der Waals surface area contributed by atoms with Gasteiger partial charge in [0.15, 0.2) is 0 Å². The van der Waals surface area contributed by atoms with Gasteiger partial charge in [-0.25, -0.2) is 4.98 Å². The van der Waals surface area contributed by atoms with Crippen LogP contribution >= 0.6 is 0 Å². The number of aromatic amines is 1. The highest BCUT2D eigenvalue weighted by Gasteiger charge is 2.45. The van der Waals surface area contributed by atoms with Crippen LogP contribution in [-0.4, -0.2) is 63.8 Å². The molecule has 0 unspecified atom stereocenters. The van der Waals surface area contributed by atoms with Crippen LogP contribution in [0.4, 0.5) is 0 Å². The number of rotatable bonds is 5. The topological polar surface area (TPSA) is 95.3 Å². The Morgan fingerprint density at radius 3 is 2.77 bits per heavy atom. The largest absolute Gasteiger partial charge is 0.348 e. The van der Waals surface area contributed by atoms with Crippen LogP contribution in [0.25, 0.3) is 0 Å². The number of allylic oxidation sites excluding steroid dienone is 1. The van der Waals surface area contributed by atoms with Gasteiger partial charge in [-0.3, -0.25) is 9.59 Å². The molecule has 0 radical (unpaired) electrons. The van der Waals surface area contributed by atoms with Gasteiger partial charge in [0.1, 0.15) is 0 Å². The molecule has 0 aliphatic carbocycles. The number of likely N-dealkylation sites (tertiary alicyclic amines) is 2. The Kier molecular flexibility index (Phi) is 5.46. The first-order valence-electron chi connectivity index (χ1n) is 9.31. The number of hydrogen-bond acceptors (Lipinski definition) is 4. The van der Waals surface area contributed by atoms with Crippen molar-refractivity contribution < 1.29 is 9.59 Å². The maximum absolute atomic E-state index is 12.6. The molecule has 0 saturated carbocycles. The lowest BCUT2D eigenvalue weighted by atomic mass is 9.77. The van der Waals surface area contributed by atoms with Crippen molar-refractivity contribution in [3.05, 3.63) is 29.9 Å². The quantitative estimate of drug-likeness (QED) is 0.769. The van der Waals surface area contributed by atoms with Gasteiger partial charge in [-0.15, -0.1) is 0 Å². The van der Waals surface area contributed by atoms with Crippen LogP contribution < -0.4 is 5.73 Å². The van der Waals surface area contributed by atoms with E-state index in [1.165, 1.54) is 5.57 Å². The summed E-state index contributed by atoms with van der Waals surface area (Å²) in [5.74, 6) is 0.221. The Labute approximate surface area is 154 Å². The fourth-order valence-electron chi connectivity index (χ4n) is 3.93. The van der Waals surface area contributed by atoms with E-state index in [2.05, 4.69) is 16.0 Å². The van der Waals surface area contributed by atoms with Crippen molar-refractivity contribution in [2.24, 2.45) is 11.1 Å². The number of amides is 2. The molecule has 0 bridgehead atoms. The second kappa shape index (κ2) is 7.61. The van der Waals surface area contributed by atoms with Gasteiger partial charge < -0.3 is 20.5 Å². The van der Waals surface area contributed by atoms with Gasteiger partial charge in [0.25, 0.3) is 0 Å². The predicted octanol–water partition coefficient (Wildman–Crippen LogP) is 1.09. The minimum absolute atomic E-state index is 0.0137. The summed E-state index contributed by atoms with van der Waals surface area (Å²) in [5, 5.41) is 0. The molecule has 7 nitrogen and oxygen atoms in total. The zero-order chi connectivity index (χ0) is 18.7. The maximum atomic E-state index is 12.6. The first-order chi connectivity index (χ1) is 12.4. The van der Waals surface area contributed by atoms with Crippen LogP contribution in [0.15, 0.2) is 24.2 Å². The van der Waals surface area contributed by atoms with Gasteiger partial charge in [-0.05, 0) is 26.7 Å². The number of carbonyl (C=O) groups is 2. The Morgan fingerprint density at radius 1 is 1.42 bits per heavy atom. The van der Waals surface area contributed by atoms with E-state index in [0.29, 0.717) is 32.5 Å². The van der Waals surface area contributed by atoms with Gasteiger partial charge in [0, 0.05) is 56.3 Å². The maximum Gasteiger partial charge on any atom is 0.239 e. The number of H-pyrrole nitrogens is 1. The SMILES string of the molecule is CC(C)=CCN1CC2(CCN(C(=O)[C@@H](N)Cc3cnc[nH]3)CC2)CC1=O. The monoisotopic (exact) mass is 359 g/mol. The van der Waals surface area contributed by atoms with Crippen LogP contribution in [0.3, 0.4) is 0 Å². The fourth-order valence-corrected chi connectivity index (χ4v) is 3.93. The van der Waals surface area contributed by atoms with Gasteiger partial charge >= 0.3 is 0 Å². The number of nitrogens with two attached hydrogens (primary N) is 1. The van der Waals surface area contributed by atoms with Crippen molar-refractivity contribution in [3.63, 3.8) is 0 Å². The van der Waals surface area contributed by atoms with Crippen molar-refractivity contribution in [2.45, 2.75) is 45.6 Å². The number of imidazole rings is 1. The Bertz CT molecular complexity index is 670. The third-order valence-corrected chi connectivity index (χ3v) is 5.57. The van der Waals surface area contributed by atoms with Gasteiger partial charge in [0.2, 0.25) is 11.8 Å². The number of carbonyl (C=O) groups excluding carboxylic acids is 2. The van der Waals surface area contributed by atoms with Crippen molar-refractivity contribution in [3.8, 4) is 0 Å². The second-order valence-corrected chi connectivity index (χ2v) is 7.95. The summed E-state index contributed by atoms with van der Waals surface area (Å²) in [5.41, 5.74) is 8.21. The van der Waals surface area contributed by atoms with Gasteiger partial charge in [-0.2, -0.15) is 0 Å². The first kappa shape index (κ1) is 18.6. The van der Waals surface area contributed by atoms with E-state index in [-0.39, 0.29) is 17.2 Å². The van der Waals surface area contributed by atoms with Crippen LogP contribution in [0.2, 0.25) is 0 Å². The second-order valence-electron chi connectivity index (χ2n) is 7.95. The predicted molar refractivity (Wildman–Crippen MR) is 99.1 cm³/mol. The summed E-state index contributed by atoms with van der Waals surface area (Å²) >= 11 is 0. The number of piperidine rings is 1. The van der Waals surface area contributed by atoms with Crippen molar-refractivity contribution in [1.29, 1.82) is 0 Å². The number of nitrogens with one attached hydrogen (secondary N) is 1. The summed E-state index contributed by atoms with van der Waals surface area (Å²) < 4.78 is 0. The highest BCUT2D eigenvalue weighted by atomic mass is 16.2. The van der Waals surface area contributed by atoms with Crippen molar-refractivity contribution >= 4 is 11.8 Å². The van der Waals surface area contributed by atoms with E-state index in [9.17, 15) is 9.59 Å². The van der Waals surface area contributed by atoms with Gasteiger partial charge in [0.05, 0.1) is 12.4 Å². The molecule has 142 valence electrons. The molecule has 2 aliphatic rings. The molecule has 7 heteroatoms. The average molecular weight is 359 g/mol. The standard InChI is InChI=1S/C19H29N5O2/c1-14(2)3-6-24-12-19(10-17(24)25)4-7-23(8-5-19)18(26)16(20)9-15-11-21-13-22-15/h3,11,13,16H,4-10,12,20H2,1-2H3,(H,21,22)/t16-/m0/s1. The van der Waals surface area contributed by atoms with Crippen LogP contribution in [0.5, 0.6) is 0 Å². The van der Waals surface area contributed by atoms with Crippen LogP contribution in [0.1, 0.15) is 38.8 Å². The Hall–Kier alpha value is -2.15. The Balaban J connectivity index is 1.53. The minimum atomic E-state index is -0.552. The molecule has 2 aliphatic heterocycles. The van der Waals surface area contributed by atoms with Crippen molar-refractivity contribution in [2.75, 3.05) is 26.2 Å².